The zero-order valence-electron chi connectivity index (χ0n) is 12.5. The number of hydrogen-bond acceptors (Lipinski definition) is 4. The predicted octanol–water partition coefficient (Wildman–Crippen LogP) is 4.68. The van der Waals surface area contributed by atoms with Crippen molar-refractivity contribution in [3.8, 4) is 0 Å². The Morgan fingerprint density at radius 2 is 1.17 bits per heavy atom. The third kappa shape index (κ3) is 6.36. The van der Waals surface area contributed by atoms with Gasteiger partial charge in [0.2, 0.25) is 0 Å². The molecule has 6 heteroatoms. The lowest BCUT2D eigenvalue weighted by atomic mass is 10.2. The van der Waals surface area contributed by atoms with Crippen LogP contribution in [0.5, 0.6) is 0 Å². The molecule has 0 saturated carbocycles. The standard InChI is InChI=1S/C18H14O4S2/c19-17(20)9-7-13-3-1-5-15(11-13)23-24-16-6-2-4-14(12-16)8-10-18(21)22/h1-12H,(H,19,20)(H,21,22). The smallest absolute Gasteiger partial charge is 0.328 e. The Bertz CT molecular complexity index is 730. The van der Waals surface area contributed by atoms with Crippen molar-refractivity contribution in [3.05, 3.63) is 71.8 Å². The molecule has 0 radical (unpaired) electrons. The summed E-state index contributed by atoms with van der Waals surface area (Å²) in [6.45, 7) is 0. The molecule has 2 N–H and O–H groups in total. The Balaban J connectivity index is 2.03. The quantitative estimate of drug-likeness (QED) is 0.553. The fourth-order valence-corrected chi connectivity index (χ4v) is 3.80. The molecule has 2 rings (SSSR count). The summed E-state index contributed by atoms with van der Waals surface area (Å²) in [4.78, 5) is 23.1. The van der Waals surface area contributed by atoms with E-state index in [1.54, 1.807) is 33.7 Å². The fourth-order valence-electron chi connectivity index (χ4n) is 1.77. The Morgan fingerprint density at radius 1 is 0.750 bits per heavy atom. The minimum atomic E-state index is -0.978. The normalized spacial score (nSPS) is 11.2. The van der Waals surface area contributed by atoms with Crippen molar-refractivity contribution in [1.29, 1.82) is 0 Å². The van der Waals surface area contributed by atoms with Gasteiger partial charge in [-0.1, -0.05) is 45.9 Å². The maximum absolute atomic E-state index is 10.6. The Morgan fingerprint density at radius 3 is 1.54 bits per heavy atom. The van der Waals surface area contributed by atoms with E-state index in [9.17, 15) is 9.59 Å². The number of carboxylic acids is 2. The molecular formula is C18H14O4S2. The first-order valence-electron chi connectivity index (χ1n) is 6.89. The van der Waals surface area contributed by atoms with Crippen LogP contribution in [0.25, 0.3) is 12.2 Å². The van der Waals surface area contributed by atoms with E-state index >= 15 is 0 Å². The maximum atomic E-state index is 10.6. The first kappa shape index (κ1) is 17.9. The summed E-state index contributed by atoms with van der Waals surface area (Å²) in [5.74, 6) is -1.96. The molecule has 122 valence electrons. The van der Waals surface area contributed by atoms with Crippen molar-refractivity contribution in [1.82, 2.24) is 0 Å². The number of carboxylic acid groups (broad SMARTS) is 2. The highest BCUT2D eigenvalue weighted by molar-refractivity contribution is 8.76. The Hall–Kier alpha value is -2.44. The highest BCUT2D eigenvalue weighted by atomic mass is 33.1. The van der Waals surface area contributed by atoms with Crippen LogP contribution in [-0.4, -0.2) is 22.2 Å². The topological polar surface area (TPSA) is 74.6 Å². The highest BCUT2D eigenvalue weighted by Crippen LogP contribution is 2.38. The lowest BCUT2D eigenvalue weighted by Gasteiger charge is -2.03. The summed E-state index contributed by atoms with van der Waals surface area (Å²) in [5.41, 5.74) is 1.64. The average molecular weight is 358 g/mol. The van der Waals surface area contributed by atoms with E-state index in [2.05, 4.69) is 0 Å². The average Bonchev–Trinajstić information content (AvgIpc) is 2.57. The second kappa shape index (κ2) is 9.00. The fraction of sp³-hybridized carbons (Fsp3) is 0. The van der Waals surface area contributed by atoms with Gasteiger partial charge >= 0.3 is 11.9 Å². The first-order chi connectivity index (χ1) is 11.5. The summed E-state index contributed by atoms with van der Waals surface area (Å²) in [6.07, 6.45) is 5.31. The van der Waals surface area contributed by atoms with Gasteiger partial charge in [0.1, 0.15) is 0 Å². The molecule has 0 heterocycles. The molecule has 0 atom stereocenters. The number of benzene rings is 2. The van der Waals surface area contributed by atoms with Gasteiger partial charge in [0.05, 0.1) is 0 Å². The number of carbonyl (C=O) groups is 2. The summed E-state index contributed by atoms with van der Waals surface area (Å²) in [5, 5.41) is 17.3. The van der Waals surface area contributed by atoms with E-state index in [0.29, 0.717) is 0 Å². The van der Waals surface area contributed by atoms with Crippen molar-refractivity contribution in [2.75, 3.05) is 0 Å². The number of hydrogen-bond donors (Lipinski definition) is 2. The van der Waals surface area contributed by atoms with Crippen LogP contribution in [0.15, 0.2) is 70.5 Å². The molecule has 2 aromatic rings. The van der Waals surface area contributed by atoms with E-state index in [-0.39, 0.29) is 0 Å². The molecule has 0 saturated heterocycles. The van der Waals surface area contributed by atoms with Crippen molar-refractivity contribution < 1.29 is 19.8 Å². The summed E-state index contributed by atoms with van der Waals surface area (Å²) < 4.78 is 0. The van der Waals surface area contributed by atoms with E-state index in [1.807, 2.05) is 48.5 Å². The molecule has 0 aliphatic carbocycles. The summed E-state index contributed by atoms with van der Waals surface area (Å²) >= 11 is 0. The van der Waals surface area contributed by atoms with E-state index in [1.165, 1.54) is 0 Å². The molecule has 0 aliphatic rings. The molecule has 0 unspecified atom stereocenters. The summed E-state index contributed by atoms with van der Waals surface area (Å²) in [7, 11) is 3.10. The Labute approximate surface area is 147 Å². The maximum Gasteiger partial charge on any atom is 0.328 e. The van der Waals surface area contributed by atoms with Crippen molar-refractivity contribution in [2.24, 2.45) is 0 Å². The molecule has 24 heavy (non-hydrogen) atoms. The van der Waals surface area contributed by atoms with Crippen LogP contribution < -0.4 is 0 Å². The first-order valence-corrected chi connectivity index (χ1v) is 9.04. The second-order valence-electron chi connectivity index (χ2n) is 4.65. The largest absolute Gasteiger partial charge is 0.478 e. The summed E-state index contributed by atoms with van der Waals surface area (Å²) in [6, 6.07) is 15.1. The van der Waals surface area contributed by atoms with Crippen LogP contribution in [0, 0.1) is 0 Å². The van der Waals surface area contributed by atoms with Gasteiger partial charge in [-0.25, -0.2) is 9.59 Å². The molecule has 0 aromatic heterocycles. The van der Waals surface area contributed by atoms with Gasteiger partial charge in [-0.2, -0.15) is 0 Å². The van der Waals surface area contributed by atoms with Crippen LogP contribution in [0.4, 0.5) is 0 Å². The number of aliphatic carboxylic acids is 2. The van der Waals surface area contributed by atoms with Crippen molar-refractivity contribution >= 4 is 45.7 Å². The molecule has 0 amide bonds. The van der Waals surface area contributed by atoms with E-state index in [0.717, 1.165) is 33.1 Å². The van der Waals surface area contributed by atoms with Gasteiger partial charge in [-0.3, -0.25) is 0 Å². The molecular weight excluding hydrogens is 344 g/mol. The third-order valence-electron chi connectivity index (χ3n) is 2.79. The van der Waals surface area contributed by atoms with Gasteiger partial charge in [0, 0.05) is 21.9 Å². The minimum Gasteiger partial charge on any atom is -0.478 e. The van der Waals surface area contributed by atoms with E-state index in [4.69, 9.17) is 10.2 Å². The monoisotopic (exact) mass is 358 g/mol. The van der Waals surface area contributed by atoms with Gasteiger partial charge in [0.25, 0.3) is 0 Å². The van der Waals surface area contributed by atoms with Gasteiger partial charge in [-0.15, -0.1) is 0 Å². The van der Waals surface area contributed by atoms with Crippen molar-refractivity contribution in [2.45, 2.75) is 9.79 Å². The molecule has 0 fully saturated rings. The highest BCUT2D eigenvalue weighted by Gasteiger charge is 2.00. The SMILES string of the molecule is O=C(O)C=Cc1cccc(SSc2cccc(C=CC(=O)O)c2)c1. The van der Waals surface area contributed by atoms with Crippen LogP contribution >= 0.6 is 21.6 Å². The van der Waals surface area contributed by atoms with Gasteiger partial charge in [-0.05, 0) is 47.5 Å². The lowest BCUT2D eigenvalue weighted by molar-refractivity contribution is -0.132. The molecule has 2 aromatic carbocycles. The second-order valence-corrected chi connectivity index (χ2v) is 6.93. The zero-order valence-corrected chi connectivity index (χ0v) is 14.1. The Kier molecular flexibility index (Phi) is 6.72. The minimum absolute atomic E-state index is 0.821. The molecule has 0 bridgehead atoms. The molecule has 0 aliphatic heterocycles. The van der Waals surface area contributed by atoms with E-state index < -0.39 is 11.9 Å². The van der Waals surface area contributed by atoms with Crippen LogP contribution in [0.3, 0.4) is 0 Å². The van der Waals surface area contributed by atoms with Gasteiger partial charge in [0.15, 0.2) is 0 Å². The number of rotatable bonds is 7. The lowest BCUT2D eigenvalue weighted by Crippen LogP contribution is -1.85. The van der Waals surface area contributed by atoms with Crippen molar-refractivity contribution in [3.63, 3.8) is 0 Å². The zero-order chi connectivity index (χ0) is 17.4. The third-order valence-corrected chi connectivity index (χ3v) is 5.17. The van der Waals surface area contributed by atoms with Crippen LogP contribution in [0.1, 0.15) is 11.1 Å². The predicted molar refractivity (Wildman–Crippen MR) is 97.9 cm³/mol. The van der Waals surface area contributed by atoms with Crippen LogP contribution in [-0.2, 0) is 9.59 Å². The van der Waals surface area contributed by atoms with Gasteiger partial charge < -0.3 is 10.2 Å². The molecule has 4 nitrogen and oxygen atoms in total. The van der Waals surface area contributed by atoms with Crippen LogP contribution in [0.2, 0.25) is 0 Å². The molecule has 0 spiro atoms.